The zero-order valence-corrected chi connectivity index (χ0v) is 9.79. The van der Waals surface area contributed by atoms with Gasteiger partial charge < -0.3 is 10.2 Å². The van der Waals surface area contributed by atoms with Crippen LogP contribution in [0.1, 0.15) is 5.56 Å². The number of benzene rings is 1. The summed E-state index contributed by atoms with van der Waals surface area (Å²) in [6.45, 7) is -1.22. The van der Waals surface area contributed by atoms with Gasteiger partial charge in [0.15, 0.2) is 0 Å². The average molecular weight is 258 g/mol. The second kappa shape index (κ2) is 4.51. The van der Waals surface area contributed by atoms with Gasteiger partial charge in [-0.2, -0.15) is 13.2 Å². The van der Waals surface area contributed by atoms with Crippen molar-refractivity contribution >= 4 is 11.6 Å². The lowest BCUT2D eigenvalue weighted by Crippen LogP contribution is -2.43. The first-order chi connectivity index (χ1) is 8.37. The summed E-state index contributed by atoms with van der Waals surface area (Å²) in [6.07, 6.45) is -3.94. The number of hydrogen-bond acceptors (Lipinski definition) is 2. The molecule has 0 aromatic heterocycles. The van der Waals surface area contributed by atoms with Gasteiger partial charge >= 0.3 is 6.18 Å². The van der Waals surface area contributed by atoms with Crippen molar-refractivity contribution in [1.82, 2.24) is 4.90 Å². The molecule has 1 unspecified atom stereocenters. The van der Waals surface area contributed by atoms with Crippen LogP contribution in [-0.2, 0) is 11.2 Å². The van der Waals surface area contributed by atoms with E-state index in [9.17, 15) is 18.0 Å². The van der Waals surface area contributed by atoms with E-state index in [1.807, 2.05) is 24.3 Å². The number of anilines is 1. The molecule has 1 aliphatic rings. The van der Waals surface area contributed by atoms with E-state index in [2.05, 4.69) is 5.32 Å². The topological polar surface area (TPSA) is 32.3 Å². The Balaban J connectivity index is 2.01. The first-order valence-corrected chi connectivity index (χ1v) is 5.53. The lowest BCUT2D eigenvalue weighted by molar-refractivity contribution is -0.158. The number of nitrogens with zero attached hydrogens (tertiary/aromatic N) is 1. The van der Waals surface area contributed by atoms with Crippen LogP contribution in [0.4, 0.5) is 18.9 Å². The van der Waals surface area contributed by atoms with Crippen molar-refractivity contribution in [2.24, 2.45) is 0 Å². The second-order valence-corrected chi connectivity index (χ2v) is 4.37. The summed E-state index contributed by atoms with van der Waals surface area (Å²) in [5.74, 6) is -0.538. The molecule has 2 rings (SSSR count). The minimum absolute atomic E-state index is 0.428. The molecule has 1 N–H and O–H groups in total. The second-order valence-electron chi connectivity index (χ2n) is 4.37. The SMILES string of the molecule is CN(CC(F)(F)F)C(=O)C1Cc2ccccc2N1. The van der Waals surface area contributed by atoms with E-state index in [0.29, 0.717) is 11.3 Å². The molecular weight excluding hydrogens is 245 g/mol. The summed E-state index contributed by atoms with van der Waals surface area (Å²) < 4.78 is 36.6. The molecule has 1 amide bonds. The van der Waals surface area contributed by atoms with E-state index in [-0.39, 0.29) is 0 Å². The number of carbonyl (C=O) groups is 1. The summed E-state index contributed by atoms with van der Waals surface area (Å²) in [4.78, 5) is 12.6. The van der Waals surface area contributed by atoms with Crippen molar-refractivity contribution in [3.8, 4) is 0 Å². The van der Waals surface area contributed by atoms with Crippen molar-refractivity contribution in [3.63, 3.8) is 0 Å². The molecule has 1 heterocycles. The van der Waals surface area contributed by atoms with Crippen LogP contribution in [0.25, 0.3) is 0 Å². The van der Waals surface area contributed by atoms with Crippen molar-refractivity contribution < 1.29 is 18.0 Å². The van der Waals surface area contributed by atoms with Gasteiger partial charge in [-0.3, -0.25) is 4.79 Å². The molecule has 98 valence electrons. The highest BCUT2D eigenvalue weighted by Gasteiger charge is 2.35. The number of halogens is 3. The number of likely N-dealkylation sites (N-methyl/N-ethyl adjacent to an activating group) is 1. The highest BCUT2D eigenvalue weighted by molar-refractivity contribution is 5.87. The summed E-state index contributed by atoms with van der Waals surface area (Å²) >= 11 is 0. The van der Waals surface area contributed by atoms with Gasteiger partial charge in [0.05, 0.1) is 0 Å². The smallest absolute Gasteiger partial charge is 0.373 e. The fraction of sp³-hybridized carbons (Fsp3) is 0.417. The van der Waals surface area contributed by atoms with Crippen LogP contribution in [-0.4, -0.2) is 36.6 Å². The molecule has 0 bridgehead atoms. The monoisotopic (exact) mass is 258 g/mol. The zero-order chi connectivity index (χ0) is 13.3. The van der Waals surface area contributed by atoms with Crippen LogP contribution in [0.2, 0.25) is 0 Å². The van der Waals surface area contributed by atoms with Crippen LogP contribution in [0.15, 0.2) is 24.3 Å². The molecule has 0 radical (unpaired) electrons. The zero-order valence-electron chi connectivity index (χ0n) is 9.79. The Bertz CT molecular complexity index is 434. The van der Waals surface area contributed by atoms with Crippen LogP contribution in [0.5, 0.6) is 0 Å². The predicted octanol–water partition coefficient (Wildman–Crippen LogP) is 2.04. The Morgan fingerprint density at radius 1 is 1.44 bits per heavy atom. The molecule has 18 heavy (non-hydrogen) atoms. The molecule has 1 atom stereocenters. The maximum atomic E-state index is 12.2. The first-order valence-electron chi connectivity index (χ1n) is 5.53. The minimum Gasteiger partial charge on any atom is -0.373 e. The van der Waals surface area contributed by atoms with Gasteiger partial charge in [0.2, 0.25) is 5.91 Å². The lowest BCUT2D eigenvalue weighted by atomic mass is 10.1. The van der Waals surface area contributed by atoms with Crippen molar-refractivity contribution in [1.29, 1.82) is 0 Å². The third kappa shape index (κ3) is 2.75. The lowest BCUT2D eigenvalue weighted by Gasteiger charge is -2.22. The summed E-state index contributed by atoms with van der Waals surface area (Å²) in [5, 5.41) is 2.94. The summed E-state index contributed by atoms with van der Waals surface area (Å²) in [7, 11) is 1.17. The van der Waals surface area contributed by atoms with Gasteiger partial charge in [0, 0.05) is 19.2 Å². The van der Waals surface area contributed by atoms with Crippen LogP contribution >= 0.6 is 0 Å². The van der Waals surface area contributed by atoms with Crippen LogP contribution < -0.4 is 5.32 Å². The van der Waals surface area contributed by atoms with Crippen LogP contribution in [0, 0.1) is 0 Å². The maximum Gasteiger partial charge on any atom is 0.406 e. The predicted molar refractivity (Wildman–Crippen MR) is 61.2 cm³/mol. The first kappa shape index (κ1) is 12.7. The number of rotatable bonds is 2. The van der Waals surface area contributed by atoms with E-state index in [4.69, 9.17) is 0 Å². The molecule has 1 aromatic rings. The number of nitrogens with one attached hydrogen (secondary N) is 1. The highest BCUT2D eigenvalue weighted by Crippen LogP contribution is 2.26. The fourth-order valence-corrected chi connectivity index (χ4v) is 2.06. The third-order valence-corrected chi connectivity index (χ3v) is 2.86. The Kier molecular flexibility index (Phi) is 3.19. The van der Waals surface area contributed by atoms with Gasteiger partial charge in [-0.15, -0.1) is 0 Å². The molecule has 0 saturated carbocycles. The Hall–Kier alpha value is -1.72. The number of para-hydroxylation sites is 1. The van der Waals surface area contributed by atoms with Crippen molar-refractivity contribution in [3.05, 3.63) is 29.8 Å². The third-order valence-electron chi connectivity index (χ3n) is 2.86. The largest absolute Gasteiger partial charge is 0.406 e. The van der Waals surface area contributed by atoms with Gasteiger partial charge in [0.25, 0.3) is 0 Å². The number of carbonyl (C=O) groups excluding carboxylic acids is 1. The quantitative estimate of drug-likeness (QED) is 0.880. The molecule has 0 saturated heterocycles. The molecule has 1 aliphatic heterocycles. The normalized spacial score (nSPS) is 18.1. The molecule has 3 nitrogen and oxygen atoms in total. The van der Waals surface area contributed by atoms with Gasteiger partial charge in [-0.25, -0.2) is 0 Å². The van der Waals surface area contributed by atoms with Crippen molar-refractivity contribution in [2.75, 3.05) is 18.9 Å². The number of amides is 1. The number of alkyl halides is 3. The summed E-state index contributed by atoms with van der Waals surface area (Å²) in [6, 6.07) is 6.73. The molecule has 0 fully saturated rings. The van der Waals surface area contributed by atoms with Gasteiger partial charge in [0.1, 0.15) is 12.6 Å². The Morgan fingerprint density at radius 3 is 2.72 bits per heavy atom. The average Bonchev–Trinajstić information content (AvgIpc) is 2.68. The molecule has 0 aliphatic carbocycles. The maximum absolute atomic E-state index is 12.2. The minimum atomic E-state index is -4.37. The van der Waals surface area contributed by atoms with E-state index in [0.717, 1.165) is 11.3 Å². The fourth-order valence-electron chi connectivity index (χ4n) is 2.06. The molecular formula is C12H13F3N2O. The molecule has 6 heteroatoms. The highest BCUT2D eigenvalue weighted by atomic mass is 19.4. The van der Waals surface area contributed by atoms with Crippen LogP contribution in [0.3, 0.4) is 0 Å². The molecule has 1 aromatic carbocycles. The van der Waals surface area contributed by atoms with E-state index in [1.165, 1.54) is 7.05 Å². The Labute approximate surface area is 103 Å². The number of fused-ring (bicyclic) bond motifs is 1. The standard InChI is InChI=1S/C12H13F3N2O/c1-17(7-12(13,14)15)11(18)10-6-8-4-2-3-5-9(8)16-10/h2-5,10,16H,6-7H2,1H3. The molecule has 0 spiro atoms. The van der Waals surface area contributed by atoms with E-state index >= 15 is 0 Å². The van der Waals surface area contributed by atoms with Crippen molar-refractivity contribution in [2.45, 2.75) is 18.6 Å². The van der Waals surface area contributed by atoms with Gasteiger partial charge in [-0.05, 0) is 11.6 Å². The Morgan fingerprint density at radius 2 is 2.11 bits per heavy atom. The van der Waals surface area contributed by atoms with E-state index < -0.39 is 24.7 Å². The van der Waals surface area contributed by atoms with Gasteiger partial charge in [-0.1, -0.05) is 18.2 Å². The summed E-state index contributed by atoms with van der Waals surface area (Å²) in [5.41, 5.74) is 1.77. The van der Waals surface area contributed by atoms with E-state index in [1.54, 1.807) is 0 Å². The number of hydrogen-bond donors (Lipinski definition) is 1.